The average molecular weight is 384 g/mol. The summed E-state index contributed by atoms with van der Waals surface area (Å²) in [5, 5.41) is 5.20. The molecule has 1 N–H and O–H groups in total. The Labute approximate surface area is 159 Å². The number of anilines is 1. The molecular formula is C19H16N2O3S2. The average Bonchev–Trinajstić information content (AvgIpc) is 3.16. The summed E-state index contributed by atoms with van der Waals surface area (Å²) < 4.78 is 4.68. The summed E-state index contributed by atoms with van der Waals surface area (Å²) in [7, 11) is 1.35. The standard InChI is InChI=1S/C19H16N2O3S2/c1-24-18(23)14-5-3-12(4-6-14)16-11-26-19(20-16)21-17(22)13-7-9-15(25-2)10-8-13/h3-11H,1-2H3,(H,20,21,22). The number of nitrogens with one attached hydrogen (secondary N) is 1. The van der Waals surface area contributed by atoms with Crippen molar-refractivity contribution in [3.8, 4) is 11.3 Å². The van der Waals surface area contributed by atoms with E-state index in [4.69, 9.17) is 0 Å². The molecule has 26 heavy (non-hydrogen) atoms. The van der Waals surface area contributed by atoms with Gasteiger partial charge >= 0.3 is 5.97 Å². The van der Waals surface area contributed by atoms with Gasteiger partial charge in [-0.1, -0.05) is 12.1 Å². The molecule has 2 aromatic carbocycles. The summed E-state index contributed by atoms with van der Waals surface area (Å²) in [6, 6.07) is 14.4. The third-order valence-electron chi connectivity index (χ3n) is 3.68. The Hall–Kier alpha value is -2.64. The van der Waals surface area contributed by atoms with Crippen molar-refractivity contribution in [2.24, 2.45) is 0 Å². The van der Waals surface area contributed by atoms with E-state index in [1.54, 1.807) is 48.2 Å². The Kier molecular flexibility index (Phi) is 5.70. The number of thioether (sulfide) groups is 1. The quantitative estimate of drug-likeness (QED) is 0.515. The van der Waals surface area contributed by atoms with Crippen molar-refractivity contribution in [3.63, 3.8) is 0 Å². The van der Waals surface area contributed by atoms with E-state index in [2.05, 4.69) is 15.0 Å². The van der Waals surface area contributed by atoms with Gasteiger partial charge in [0.1, 0.15) is 0 Å². The van der Waals surface area contributed by atoms with Gasteiger partial charge in [0.2, 0.25) is 0 Å². The minimum Gasteiger partial charge on any atom is -0.465 e. The highest BCUT2D eigenvalue weighted by Crippen LogP contribution is 2.26. The van der Waals surface area contributed by atoms with E-state index in [-0.39, 0.29) is 11.9 Å². The lowest BCUT2D eigenvalue weighted by Gasteiger charge is -2.03. The van der Waals surface area contributed by atoms with E-state index in [9.17, 15) is 9.59 Å². The van der Waals surface area contributed by atoms with Crippen molar-refractivity contribution in [1.29, 1.82) is 0 Å². The van der Waals surface area contributed by atoms with Crippen LogP contribution in [-0.2, 0) is 4.74 Å². The normalized spacial score (nSPS) is 10.4. The molecule has 0 fully saturated rings. The molecule has 0 aliphatic carbocycles. The van der Waals surface area contributed by atoms with Crippen LogP contribution in [0.4, 0.5) is 5.13 Å². The first kappa shape index (κ1) is 18.2. The molecular weight excluding hydrogens is 368 g/mol. The van der Waals surface area contributed by atoms with Crippen molar-refractivity contribution in [2.45, 2.75) is 4.90 Å². The van der Waals surface area contributed by atoms with Gasteiger partial charge in [-0.2, -0.15) is 0 Å². The van der Waals surface area contributed by atoms with Gasteiger partial charge in [-0.15, -0.1) is 23.1 Å². The molecule has 1 aromatic heterocycles. The van der Waals surface area contributed by atoms with Gasteiger partial charge < -0.3 is 4.74 Å². The SMILES string of the molecule is COC(=O)c1ccc(-c2csc(NC(=O)c3ccc(SC)cc3)n2)cc1. The molecule has 5 nitrogen and oxygen atoms in total. The zero-order valence-electron chi connectivity index (χ0n) is 14.2. The first-order valence-corrected chi connectivity index (χ1v) is 9.81. The van der Waals surface area contributed by atoms with Gasteiger partial charge in [-0.25, -0.2) is 9.78 Å². The highest BCUT2D eigenvalue weighted by molar-refractivity contribution is 7.98. The molecule has 0 radical (unpaired) electrons. The van der Waals surface area contributed by atoms with Crippen molar-refractivity contribution in [1.82, 2.24) is 4.98 Å². The largest absolute Gasteiger partial charge is 0.465 e. The van der Waals surface area contributed by atoms with Gasteiger partial charge in [0.05, 0.1) is 18.4 Å². The van der Waals surface area contributed by atoms with E-state index in [1.165, 1.54) is 18.4 Å². The number of nitrogens with zero attached hydrogens (tertiary/aromatic N) is 1. The number of carbonyl (C=O) groups excluding carboxylic acids is 2. The fraction of sp³-hybridized carbons (Fsp3) is 0.105. The number of benzene rings is 2. The van der Waals surface area contributed by atoms with Gasteiger partial charge in [-0.05, 0) is 42.7 Å². The number of carbonyl (C=O) groups is 2. The number of hydrogen-bond acceptors (Lipinski definition) is 6. The fourth-order valence-electron chi connectivity index (χ4n) is 2.27. The number of aromatic nitrogens is 1. The predicted octanol–water partition coefficient (Wildman–Crippen LogP) is 4.57. The Balaban J connectivity index is 1.71. The monoisotopic (exact) mass is 384 g/mol. The van der Waals surface area contributed by atoms with E-state index >= 15 is 0 Å². The molecule has 0 atom stereocenters. The molecule has 132 valence electrons. The van der Waals surface area contributed by atoms with Crippen LogP contribution in [0.25, 0.3) is 11.3 Å². The number of hydrogen-bond donors (Lipinski definition) is 1. The number of ether oxygens (including phenoxy) is 1. The summed E-state index contributed by atoms with van der Waals surface area (Å²) >= 11 is 2.98. The minimum absolute atomic E-state index is 0.195. The topological polar surface area (TPSA) is 68.3 Å². The minimum atomic E-state index is -0.379. The molecule has 7 heteroatoms. The Morgan fingerprint density at radius 1 is 1.04 bits per heavy atom. The van der Waals surface area contributed by atoms with Gasteiger partial charge in [-0.3, -0.25) is 10.1 Å². The zero-order valence-corrected chi connectivity index (χ0v) is 15.8. The lowest BCUT2D eigenvalue weighted by molar-refractivity contribution is 0.0600. The molecule has 1 heterocycles. The number of esters is 1. The van der Waals surface area contributed by atoms with Crippen LogP contribution in [0.15, 0.2) is 58.8 Å². The third-order valence-corrected chi connectivity index (χ3v) is 5.18. The Morgan fingerprint density at radius 2 is 1.69 bits per heavy atom. The lowest BCUT2D eigenvalue weighted by Crippen LogP contribution is -2.11. The number of thiazole rings is 1. The van der Waals surface area contributed by atoms with Crippen LogP contribution < -0.4 is 5.32 Å². The summed E-state index contributed by atoms with van der Waals surface area (Å²) in [4.78, 5) is 29.3. The number of amides is 1. The maximum atomic E-state index is 12.3. The van der Waals surface area contributed by atoms with Crippen LogP contribution in [0.3, 0.4) is 0 Å². The highest BCUT2D eigenvalue weighted by Gasteiger charge is 2.11. The molecule has 0 bridgehead atoms. The molecule has 0 saturated carbocycles. The zero-order chi connectivity index (χ0) is 18.5. The van der Waals surface area contributed by atoms with Gasteiger partial charge in [0, 0.05) is 21.4 Å². The van der Waals surface area contributed by atoms with Crippen molar-refractivity contribution < 1.29 is 14.3 Å². The van der Waals surface area contributed by atoms with Crippen LogP contribution in [0, 0.1) is 0 Å². The van der Waals surface area contributed by atoms with Crippen LogP contribution in [0.5, 0.6) is 0 Å². The molecule has 1 amide bonds. The van der Waals surface area contributed by atoms with Crippen LogP contribution in [-0.4, -0.2) is 30.2 Å². The molecule has 3 rings (SSSR count). The second kappa shape index (κ2) is 8.16. The van der Waals surface area contributed by atoms with Crippen LogP contribution in [0.2, 0.25) is 0 Å². The molecule has 0 spiro atoms. The second-order valence-corrected chi connectivity index (χ2v) is 7.03. The maximum Gasteiger partial charge on any atom is 0.337 e. The highest BCUT2D eigenvalue weighted by atomic mass is 32.2. The van der Waals surface area contributed by atoms with Crippen LogP contribution in [0.1, 0.15) is 20.7 Å². The maximum absolute atomic E-state index is 12.3. The summed E-state index contributed by atoms with van der Waals surface area (Å²) in [5.41, 5.74) is 2.66. The molecule has 0 aliphatic rings. The fourth-order valence-corrected chi connectivity index (χ4v) is 3.39. The van der Waals surface area contributed by atoms with Gasteiger partial charge in [0.25, 0.3) is 5.91 Å². The lowest BCUT2D eigenvalue weighted by atomic mass is 10.1. The molecule has 3 aromatic rings. The first-order chi connectivity index (χ1) is 12.6. The summed E-state index contributed by atoms with van der Waals surface area (Å²) in [5.74, 6) is -0.574. The van der Waals surface area contributed by atoms with E-state index < -0.39 is 0 Å². The Bertz CT molecular complexity index is 919. The predicted molar refractivity (Wildman–Crippen MR) is 105 cm³/mol. The van der Waals surface area contributed by atoms with Crippen molar-refractivity contribution in [3.05, 3.63) is 65.0 Å². The van der Waals surface area contributed by atoms with Gasteiger partial charge in [0.15, 0.2) is 5.13 Å². The molecule has 0 saturated heterocycles. The van der Waals surface area contributed by atoms with E-state index in [0.717, 1.165) is 16.2 Å². The Morgan fingerprint density at radius 3 is 2.31 bits per heavy atom. The summed E-state index contributed by atoms with van der Waals surface area (Å²) in [6.45, 7) is 0. The van der Waals surface area contributed by atoms with E-state index in [1.807, 2.05) is 23.8 Å². The third kappa shape index (κ3) is 4.12. The van der Waals surface area contributed by atoms with E-state index in [0.29, 0.717) is 16.3 Å². The van der Waals surface area contributed by atoms with Crippen LogP contribution >= 0.6 is 23.1 Å². The van der Waals surface area contributed by atoms with Crippen molar-refractivity contribution >= 4 is 40.1 Å². The van der Waals surface area contributed by atoms with Crippen molar-refractivity contribution in [2.75, 3.05) is 18.7 Å². The first-order valence-electron chi connectivity index (χ1n) is 7.70. The smallest absolute Gasteiger partial charge is 0.337 e. The second-order valence-electron chi connectivity index (χ2n) is 5.29. The summed E-state index contributed by atoms with van der Waals surface area (Å²) in [6.07, 6.45) is 1.99. The number of methoxy groups -OCH3 is 1. The number of rotatable bonds is 5. The molecule has 0 unspecified atom stereocenters. The molecule has 0 aliphatic heterocycles.